The summed E-state index contributed by atoms with van der Waals surface area (Å²) in [4.78, 5) is 0. The van der Waals surface area contributed by atoms with Crippen molar-refractivity contribution in [3.8, 4) is 0 Å². The van der Waals surface area contributed by atoms with Gasteiger partial charge in [-0.1, -0.05) is 36.8 Å². The van der Waals surface area contributed by atoms with Crippen molar-refractivity contribution in [3.05, 3.63) is 35.4 Å². The highest BCUT2D eigenvalue weighted by Crippen LogP contribution is 2.19. The summed E-state index contributed by atoms with van der Waals surface area (Å²) in [6.07, 6.45) is 1.03. The van der Waals surface area contributed by atoms with Crippen LogP contribution in [0.5, 0.6) is 0 Å². The number of benzene rings is 1. The lowest BCUT2D eigenvalue weighted by molar-refractivity contribution is -0.0300. The van der Waals surface area contributed by atoms with Crippen molar-refractivity contribution in [2.24, 2.45) is 0 Å². The van der Waals surface area contributed by atoms with Gasteiger partial charge in [0.1, 0.15) is 0 Å². The summed E-state index contributed by atoms with van der Waals surface area (Å²) in [5.41, 5.74) is 2.53. The Morgan fingerprint density at radius 2 is 1.82 bits per heavy atom. The van der Waals surface area contributed by atoms with E-state index in [0.29, 0.717) is 6.61 Å². The topological polar surface area (TPSA) is 21.3 Å². The molecule has 2 nitrogen and oxygen atoms in total. The Morgan fingerprint density at radius 3 is 2.29 bits per heavy atom. The van der Waals surface area contributed by atoms with Gasteiger partial charge < -0.3 is 10.1 Å². The summed E-state index contributed by atoms with van der Waals surface area (Å²) in [7, 11) is 1.98. The number of likely N-dealkylation sites (N-methyl/N-ethyl adjacent to an activating group) is 1. The van der Waals surface area contributed by atoms with Gasteiger partial charge in [0.15, 0.2) is 0 Å². The standard InChI is InChI=1S/C15H25NO/c1-6-15(3,4)17-11-14(16-5)13-9-7-12(2)8-10-13/h7-10,14,16H,6,11H2,1-5H3. The molecule has 0 amide bonds. The molecule has 0 bridgehead atoms. The molecular formula is C15H25NO. The van der Waals surface area contributed by atoms with E-state index in [2.05, 4.69) is 57.3 Å². The molecule has 1 rings (SSSR count). The first-order valence-corrected chi connectivity index (χ1v) is 6.36. The molecule has 0 aliphatic heterocycles. The maximum atomic E-state index is 5.95. The number of ether oxygens (including phenoxy) is 1. The smallest absolute Gasteiger partial charge is 0.0668 e. The number of nitrogens with one attached hydrogen (secondary N) is 1. The Hall–Kier alpha value is -0.860. The summed E-state index contributed by atoms with van der Waals surface area (Å²) in [6.45, 7) is 9.24. The number of aryl methyl sites for hydroxylation is 1. The van der Waals surface area contributed by atoms with Crippen LogP contribution in [0.1, 0.15) is 44.4 Å². The van der Waals surface area contributed by atoms with Gasteiger partial charge in [0.2, 0.25) is 0 Å². The lowest BCUT2D eigenvalue weighted by Gasteiger charge is -2.27. The van der Waals surface area contributed by atoms with Gasteiger partial charge in [-0.05, 0) is 39.8 Å². The zero-order valence-electron chi connectivity index (χ0n) is 11.7. The van der Waals surface area contributed by atoms with Crippen LogP contribution < -0.4 is 5.32 Å². The molecule has 0 saturated carbocycles. The molecule has 0 saturated heterocycles. The normalized spacial score (nSPS) is 13.7. The van der Waals surface area contributed by atoms with E-state index in [1.165, 1.54) is 11.1 Å². The third kappa shape index (κ3) is 4.49. The molecular weight excluding hydrogens is 210 g/mol. The largest absolute Gasteiger partial charge is 0.374 e. The van der Waals surface area contributed by atoms with Gasteiger partial charge in [0, 0.05) is 0 Å². The molecule has 0 aliphatic rings. The lowest BCUT2D eigenvalue weighted by Crippen LogP contribution is -2.30. The Morgan fingerprint density at radius 1 is 1.24 bits per heavy atom. The second-order valence-corrected chi connectivity index (χ2v) is 5.18. The average molecular weight is 235 g/mol. The molecule has 0 fully saturated rings. The monoisotopic (exact) mass is 235 g/mol. The van der Waals surface area contributed by atoms with Crippen molar-refractivity contribution in [2.75, 3.05) is 13.7 Å². The molecule has 1 unspecified atom stereocenters. The van der Waals surface area contributed by atoms with Gasteiger partial charge in [-0.2, -0.15) is 0 Å². The predicted molar refractivity (Wildman–Crippen MR) is 73.3 cm³/mol. The molecule has 1 atom stereocenters. The summed E-state index contributed by atoms with van der Waals surface area (Å²) in [6, 6.07) is 8.88. The van der Waals surface area contributed by atoms with Gasteiger partial charge >= 0.3 is 0 Å². The Kier molecular flexibility index (Phi) is 5.16. The Bertz CT molecular complexity index is 329. The van der Waals surface area contributed by atoms with Crippen LogP contribution in [-0.4, -0.2) is 19.3 Å². The molecule has 0 aliphatic carbocycles. The fraction of sp³-hybridized carbons (Fsp3) is 0.600. The van der Waals surface area contributed by atoms with E-state index in [-0.39, 0.29) is 11.6 Å². The molecule has 96 valence electrons. The molecule has 0 aromatic heterocycles. The van der Waals surface area contributed by atoms with Crippen molar-refractivity contribution in [1.82, 2.24) is 5.32 Å². The van der Waals surface area contributed by atoms with Crippen molar-refractivity contribution in [3.63, 3.8) is 0 Å². The first-order chi connectivity index (χ1) is 7.98. The highest BCUT2D eigenvalue weighted by molar-refractivity contribution is 5.24. The summed E-state index contributed by atoms with van der Waals surface area (Å²) in [5.74, 6) is 0. The van der Waals surface area contributed by atoms with E-state index in [0.717, 1.165) is 6.42 Å². The maximum absolute atomic E-state index is 5.95. The van der Waals surface area contributed by atoms with Crippen LogP contribution in [-0.2, 0) is 4.74 Å². The minimum atomic E-state index is -0.0419. The fourth-order valence-corrected chi connectivity index (χ4v) is 1.56. The zero-order chi connectivity index (χ0) is 12.9. The molecule has 1 N–H and O–H groups in total. The van der Waals surface area contributed by atoms with Crippen molar-refractivity contribution < 1.29 is 4.74 Å². The highest BCUT2D eigenvalue weighted by Gasteiger charge is 2.18. The second-order valence-electron chi connectivity index (χ2n) is 5.18. The van der Waals surface area contributed by atoms with Crippen LogP contribution >= 0.6 is 0 Å². The van der Waals surface area contributed by atoms with E-state index in [1.54, 1.807) is 0 Å². The quantitative estimate of drug-likeness (QED) is 0.815. The number of hydrogen-bond acceptors (Lipinski definition) is 2. The first kappa shape index (κ1) is 14.2. The van der Waals surface area contributed by atoms with Crippen molar-refractivity contribution >= 4 is 0 Å². The van der Waals surface area contributed by atoms with Crippen LogP contribution in [0.4, 0.5) is 0 Å². The predicted octanol–water partition coefficient (Wildman–Crippen LogP) is 3.46. The molecule has 2 heteroatoms. The summed E-state index contributed by atoms with van der Waals surface area (Å²) < 4.78 is 5.95. The van der Waals surface area contributed by atoms with Gasteiger partial charge in [0.25, 0.3) is 0 Å². The van der Waals surface area contributed by atoms with Crippen LogP contribution in [0.25, 0.3) is 0 Å². The van der Waals surface area contributed by atoms with Crippen LogP contribution in [0.2, 0.25) is 0 Å². The van der Waals surface area contributed by atoms with E-state index in [9.17, 15) is 0 Å². The van der Waals surface area contributed by atoms with Crippen LogP contribution in [0.15, 0.2) is 24.3 Å². The van der Waals surface area contributed by atoms with Gasteiger partial charge in [-0.3, -0.25) is 0 Å². The van der Waals surface area contributed by atoms with Crippen molar-refractivity contribution in [1.29, 1.82) is 0 Å². The van der Waals surface area contributed by atoms with Crippen molar-refractivity contribution in [2.45, 2.75) is 45.8 Å². The van der Waals surface area contributed by atoms with E-state index < -0.39 is 0 Å². The van der Waals surface area contributed by atoms with Gasteiger partial charge in [-0.15, -0.1) is 0 Å². The maximum Gasteiger partial charge on any atom is 0.0668 e. The van der Waals surface area contributed by atoms with Crippen LogP contribution in [0, 0.1) is 6.92 Å². The zero-order valence-corrected chi connectivity index (χ0v) is 11.7. The molecule has 0 radical (unpaired) electrons. The SMILES string of the molecule is CCC(C)(C)OCC(NC)c1ccc(C)cc1. The molecule has 1 aromatic rings. The van der Waals surface area contributed by atoms with E-state index in [4.69, 9.17) is 4.74 Å². The molecule has 0 spiro atoms. The minimum absolute atomic E-state index is 0.0419. The van der Waals surface area contributed by atoms with Gasteiger partial charge in [-0.25, -0.2) is 0 Å². The third-order valence-corrected chi connectivity index (χ3v) is 3.32. The summed E-state index contributed by atoms with van der Waals surface area (Å²) in [5, 5.41) is 3.31. The lowest BCUT2D eigenvalue weighted by atomic mass is 10.0. The number of hydrogen-bond donors (Lipinski definition) is 1. The van der Waals surface area contributed by atoms with Crippen LogP contribution in [0.3, 0.4) is 0 Å². The van der Waals surface area contributed by atoms with E-state index >= 15 is 0 Å². The molecule has 1 aromatic carbocycles. The Labute approximate surface area is 105 Å². The highest BCUT2D eigenvalue weighted by atomic mass is 16.5. The summed E-state index contributed by atoms with van der Waals surface area (Å²) >= 11 is 0. The fourth-order valence-electron chi connectivity index (χ4n) is 1.56. The molecule has 17 heavy (non-hydrogen) atoms. The average Bonchev–Trinajstić information content (AvgIpc) is 2.32. The third-order valence-electron chi connectivity index (χ3n) is 3.32. The van der Waals surface area contributed by atoms with Gasteiger partial charge in [0.05, 0.1) is 18.2 Å². The van der Waals surface area contributed by atoms with E-state index in [1.807, 2.05) is 7.05 Å². The second kappa shape index (κ2) is 6.18. The Balaban J connectivity index is 2.63. The first-order valence-electron chi connectivity index (χ1n) is 6.36. The minimum Gasteiger partial charge on any atom is -0.374 e. The number of rotatable bonds is 6. The molecule has 0 heterocycles.